The molecule has 5 rings (SSSR count). The molecule has 2 atom stereocenters. The molecule has 0 aromatic heterocycles. The predicted octanol–water partition coefficient (Wildman–Crippen LogP) is 8.01. The Morgan fingerprint density at radius 2 is 1.59 bits per heavy atom. The van der Waals surface area contributed by atoms with Gasteiger partial charge in [0.25, 0.3) is 0 Å². The molecule has 2 aromatic rings. The second-order valence-electron chi connectivity index (χ2n) is 11.3. The van der Waals surface area contributed by atoms with Gasteiger partial charge in [0, 0.05) is 18.2 Å². The summed E-state index contributed by atoms with van der Waals surface area (Å²) >= 11 is 0. The number of halogens is 6. The van der Waals surface area contributed by atoms with Crippen molar-refractivity contribution < 1.29 is 50.1 Å². The van der Waals surface area contributed by atoms with Crippen LogP contribution in [-0.2, 0) is 17.1 Å². The molecular weight excluding hydrogens is 556 g/mol. The smallest absolute Gasteiger partial charge is 0.416 e. The molecule has 41 heavy (non-hydrogen) atoms. The van der Waals surface area contributed by atoms with Gasteiger partial charge < -0.3 is 18.9 Å². The highest BCUT2D eigenvalue weighted by molar-refractivity contribution is 5.78. The molecule has 0 saturated carbocycles. The van der Waals surface area contributed by atoms with Crippen LogP contribution in [0.25, 0.3) is 5.57 Å². The molecule has 2 aromatic carbocycles. The van der Waals surface area contributed by atoms with E-state index in [1.807, 2.05) is 6.07 Å². The van der Waals surface area contributed by atoms with Gasteiger partial charge in [-0.15, -0.1) is 0 Å². The van der Waals surface area contributed by atoms with Gasteiger partial charge in [-0.1, -0.05) is 13.8 Å². The molecule has 0 spiro atoms. The number of carbonyl (C=O) groups excluding carboxylic acids is 1. The number of amides is 1. The molecule has 0 N–H and O–H groups in total. The van der Waals surface area contributed by atoms with E-state index in [0.29, 0.717) is 42.2 Å². The van der Waals surface area contributed by atoms with Crippen molar-refractivity contribution in [2.24, 2.45) is 5.41 Å². The SMILES string of the molecule is COc1cc2c(cc1C1=C(CN3C(=O)O[C@H](c4cc(C(F)(F)F)cc(C(F)(F)F)c4)[C@@H]3C)CC(C)(C)CC1)OCO2. The minimum Gasteiger partial charge on any atom is -0.496 e. The number of methoxy groups -OCH3 is 1. The third-order valence-electron chi connectivity index (χ3n) is 7.88. The van der Waals surface area contributed by atoms with E-state index >= 15 is 0 Å². The Labute approximate surface area is 232 Å². The van der Waals surface area contributed by atoms with Gasteiger partial charge in [0.1, 0.15) is 11.9 Å². The van der Waals surface area contributed by atoms with Gasteiger partial charge in [-0.3, -0.25) is 4.90 Å². The van der Waals surface area contributed by atoms with Crippen LogP contribution in [0.15, 0.2) is 35.9 Å². The fraction of sp³-hybridized carbons (Fsp3) is 0.483. The molecular formula is C29H29F6NO5. The first kappa shape index (κ1) is 28.9. The molecule has 1 amide bonds. The van der Waals surface area contributed by atoms with Crippen molar-refractivity contribution >= 4 is 11.7 Å². The lowest BCUT2D eigenvalue weighted by molar-refractivity contribution is -0.143. The van der Waals surface area contributed by atoms with Gasteiger partial charge in [-0.25, -0.2) is 4.79 Å². The van der Waals surface area contributed by atoms with Crippen molar-refractivity contribution in [1.29, 1.82) is 0 Å². The number of fused-ring (bicyclic) bond motifs is 1. The van der Waals surface area contributed by atoms with Gasteiger partial charge in [0.05, 0.1) is 24.3 Å². The Morgan fingerprint density at radius 1 is 0.976 bits per heavy atom. The van der Waals surface area contributed by atoms with Crippen LogP contribution < -0.4 is 14.2 Å². The zero-order chi connectivity index (χ0) is 29.9. The number of benzene rings is 2. The minimum absolute atomic E-state index is 0.0582. The van der Waals surface area contributed by atoms with Gasteiger partial charge in [0.15, 0.2) is 11.5 Å². The Morgan fingerprint density at radius 3 is 2.17 bits per heavy atom. The van der Waals surface area contributed by atoms with Crippen LogP contribution >= 0.6 is 0 Å². The number of cyclic esters (lactones) is 1. The van der Waals surface area contributed by atoms with Crippen LogP contribution in [0.3, 0.4) is 0 Å². The molecule has 0 radical (unpaired) electrons. The van der Waals surface area contributed by atoms with E-state index in [9.17, 15) is 31.1 Å². The van der Waals surface area contributed by atoms with E-state index in [-0.39, 0.29) is 30.4 Å². The Kier molecular flexibility index (Phi) is 7.10. The van der Waals surface area contributed by atoms with Crippen molar-refractivity contribution in [2.75, 3.05) is 20.4 Å². The summed E-state index contributed by atoms with van der Waals surface area (Å²) in [5.41, 5.74) is -0.810. The maximum atomic E-state index is 13.5. The Bertz CT molecular complexity index is 1370. The van der Waals surface area contributed by atoms with E-state index in [4.69, 9.17) is 18.9 Å². The van der Waals surface area contributed by atoms with Crippen molar-refractivity contribution in [3.05, 3.63) is 58.2 Å². The van der Waals surface area contributed by atoms with Crippen LogP contribution in [0.5, 0.6) is 17.2 Å². The summed E-state index contributed by atoms with van der Waals surface area (Å²) in [4.78, 5) is 14.4. The van der Waals surface area contributed by atoms with Gasteiger partial charge in [-0.05, 0) is 72.6 Å². The number of allylic oxidation sites excluding steroid dienone is 1. The van der Waals surface area contributed by atoms with E-state index < -0.39 is 41.7 Å². The summed E-state index contributed by atoms with van der Waals surface area (Å²) in [6.45, 7) is 5.90. The first-order valence-corrected chi connectivity index (χ1v) is 13.0. The second-order valence-corrected chi connectivity index (χ2v) is 11.3. The number of nitrogens with zero attached hydrogens (tertiary/aromatic N) is 1. The van der Waals surface area contributed by atoms with E-state index in [2.05, 4.69) is 13.8 Å². The second kappa shape index (κ2) is 10.1. The molecule has 2 heterocycles. The van der Waals surface area contributed by atoms with Crippen LogP contribution in [0.4, 0.5) is 31.1 Å². The lowest BCUT2D eigenvalue weighted by Gasteiger charge is -2.35. The lowest BCUT2D eigenvalue weighted by atomic mass is 9.72. The fourth-order valence-corrected chi connectivity index (χ4v) is 5.73. The number of rotatable bonds is 5. The average Bonchev–Trinajstić information content (AvgIpc) is 3.45. The summed E-state index contributed by atoms with van der Waals surface area (Å²) in [5, 5.41) is 0. The maximum absolute atomic E-state index is 13.5. The van der Waals surface area contributed by atoms with Gasteiger partial charge >= 0.3 is 18.4 Å². The zero-order valence-corrected chi connectivity index (χ0v) is 22.8. The molecule has 0 bridgehead atoms. The van der Waals surface area contributed by atoms with Crippen LogP contribution in [0.2, 0.25) is 0 Å². The first-order valence-electron chi connectivity index (χ1n) is 13.0. The quantitative estimate of drug-likeness (QED) is 0.333. The summed E-state index contributed by atoms with van der Waals surface area (Å²) in [5.74, 6) is 1.65. The summed E-state index contributed by atoms with van der Waals surface area (Å²) in [6, 6.07) is 3.99. The molecule has 1 aliphatic carbocycles. The first-order chi connectivity index (χ1) is 19.1. The molecule has 12 heteroatoms. The number of hydrogen-bond donors (Lipinski definition) is 0. The number of ether oxygens (including phenoxy) is 4. The Balaban J connectivity index is 1.52. The topological polar surface area (TPSA) is 57.2 Å². The van der Waals surface area contributed by atoms with E-state index in [1.54, 1.807) is 13.0 Å². The summed E-state index contributed by atoms with van der Waals surface area (Å²) < 4.78 is 103. The molecule has 222 valence electrons. The number of carbonyl (C=O) groups is 1. The highest BCUT2D eigenvalue weighted by Crippen LogP contribution is 2.49. The molecule has 1 saturated heterocycles. The number of hydrogen-bond acceptors (Lipinski definition) is 5. The van der Waals surface area contributed by atoms with Crippen LogP contribution in [0, 0.1) is 5.41 Å². The van der Waals surface area contributed by atoms with Crippen molar-refractivity contribution in [3.8, 4) is 17.2 Å². The monoisotopic (exact) mass is 585 g/mol. The maximum Gasteiger partial charge on any atom is 0.416 e. The third-order valence-corrected chi connectivity index (χ3v) is 7.88. The molecule has 3 aliphatic rings. The van der Waals surface area contributed by atoms with Crippen molar-refractivity contribution in [1.82, 2.24) is 4.90 Å². The van der Waals surface area contributed by atoms with E-state index in [1.165, 1.54) is 12.0 Å². The largest absolute Gasteiger partial charge is 0.496 e. The Hall–Kier alpha value is -3.57. The molecule has 1 fully saturated rings. The normalized spacial score (nSPS) is 22.3. The predicted molar refractivity (Wildman–Crippen MR) is 136 cm³/mol. The lowest BCUT2D eigenvalue weighted by Crippen LogP contribution is -2.35. The van der Waals surface area contributed by atoms with Crippen LogP contribution in [0.1, 0.15) is 68.4 Å². The molecule has 0 unspecified atom stereocenters. The summed E-state index contributed by atoms with van der Waals surface area (Å²) in [7, 11) is 1.53. The standard InChI is InChI=1S/C29H29F6NO5/c1-15-25(16-7-18(28(30,31)32)9-19(8-16)29(33,34)35)41-26(37)36(15)13-17-12-27(2,3)6-5-20(17)21-10-23-24(40-14-39-23)11-22(21)38-4/h7-11,15,25H,5-6,12-14H2,1-4H3/t15-,25-/m0/s1. The average molecular weight is 586 g/mol. The van der Waals surface area contributed by atoms with Crippen molar-refractivity contribution in [3.63, 3.8) is 0 Å². The van der Waals surface area contributed by atoms with Crippen LogP contribution in [-0.4, -0.2) is 37.5 Å². The van der Waals surface area contributed by atoms with E-state index in [0.717, 1.165) is 23.1 Å². The fourth-order valence-electron chi connectivity index (χ4n) is 5.73. The van der Waals surface area contributed by atoms with Crippen molar-refractivity contribution in [2.45, 2.75) is 64.5 Å². The zero-order valence-electron chi connectivity index (χ0n) is 22.8. The van der Waals surface area contributed by atoms with Gasteiger partial charge in [-0.2, -0.15) is 26.3 Å². The highest BCUT2D eigenvalue weighted by Gasteiger charge is 2.44. The number of alkyl halides is 6. The summed E-state index contributed by atoms with van der Waals surface area (Å²) in [6.07, 6.45) is -10.1. The third kappa shape index (κ3) is 5.65. The highest BCUT2D eigenvalue weighted by atomic mass is 19.4. The molecule has 2 aliphatic heterocycles. The minimum atomic E-state index is -5.02. The van der Waals surface area contributed by atoms with Gasteiger partial charge in [0.2, 0.25) is 6.79 Å². The molecule has 6 nitrogen and oxygen atoms in total.